The van der Waals surface area contributed by atoms with Crippen molar-refractivity contribution in [2.75, 3.05) is 20.3 Å². The van der Waals surface area contributed by atoms with Crippen LogP contribution in [0.15, 0.2) is 18.2 Å². The van der Waals surface area contributed by atoms with E-state index in [0.29, 0.717) is 0 Å². The molecule has 3 atom stereocenters. The minimum atomic E-state index is 0.197. The van der Waals surface area contributed by atoms with Gasteiger partial charge < -0.3 is 19.9 Å². The summed E-state index contributed by atoms with van der Waals surface area (Å²) >= 11 is 0. The highest BCUT2D eigenvalue weighted by Gasteiger charge is 2.24. The lowest BCUT2D eigenvalue weighted by atomic mass is 9.97. The van der Waals surface area contributed by atoms with Crippen LogP contribution in [0.4, 0.5) is 0 Å². The van der Waals surface area contributed by atoms with Crippen LogP contribution in [0.1, 0.15) is 31.9 Å². The van der Waals surface area contributed by atoms with Crippen LogP contribution in [0.2, 0.25) is 0 Å². The fourth-order valence-corrected chi connectivity index (χ4v) is 2.31. The van der Waals surface area contributed by atoms with Crippen LogP contribution < -0.4 is 14.8 Å². The number of aliphatic hydroxyl groups excluding tert-OH is 1. The van der Waals surface area contributed by atoms with Crippen LogP contribution in [0.3, 0.4) is 0 Å². The molecule has 1 aromatic rings. The third kappa shape index (κ3) is 3.19. The quantitative estimate of drug-likeness (QED) is 0.856. The first-order valence-corrected chi connectivity index (χ1v) is 6.83. The van der Waals surface area contributed by atoms with Crippen molar-refractivity contribution >= 4 is 0 Å². The molecule has 0 amide bonds. The van der Waals surface area contributed by atoms with Gasteiger partial charge in [-0.15, -0.1) is 0 Å². The van der Waals surface area contributed by atoms with Gasteiger partial charge in [0.25, 0.3) is 0 Å². The molecule has 0 spiro atoms. The molecule has 0 aliphatic carbocycles. The molecule has 0 bridgehead atoms. The molecule has 2 rings (SSSR count). The molecule has 0 aromatic heterocycles. The minimum Gasteiger partial charge on any atom is -0.497 e. The SMILES string of the molecule is COc1ccc2c(c1)C(NC(C)C(C)CO)CCO2. The Morgan fingerprint density at radius 1 is 1.47 bits per heavy atom. The Balaban J connectivity index is 2.16. The lowest BCUT2D eigenvalue weighted by Crippen LogP contribution is -2.38. The Kier molecular flexibility index (Phi) is 4.66. The Bertz CT molecular complexity index is 422. The normalized spacial score (nSPS) is 21.2. The van der Waals surface area contributed by atoms with Crippen LogP contribution in [-0.2, 0) is 0 Å². The molecule has 106 valence electrons. The molecule has 4 nitrogen and oxygen atoms in total. The molecule has 2 N–H and O–H groups in total. The standard InChI is InChI=1S/C15H23NO3/c1-10(9-17)11(2)16-14-6-7-19-15-5-4-12(18-3)8-13(14)15/h4-5,8,10-11,14,16-17H,6-7,9H2,1-3H3. The summed E-state index contributed by atoms with van der Waals surface area (Å²) in [5, 5.41) is 12.8. The second-order valence-corrected chi connectivity index (χ2v) is 5.21. The number of methoxy groups -OCH3 is 1. The summed E-state index contributed by atoms with van der Waals surface area (Å²) in [7, 11) is 1.67. The molecular formula is C15H23NO3. The third-order valence-electron chi connectivity index (χ3n) is 3.86. The van der Waals surface area contributed by atoms with E-state index in [4.69, 9.17) is 9.47 Å². The van der Waals surface area contributed by atoms with Gasteiger partial charge in [0, 0.05) is 30.7 Å². The predicted octanol–water partition coefficient (Wildman–Crippen LogP) is 2.13. The van der Waals surface area contributed by atoms with Gasteiger partial charge in [0.2, 0.25) is 0 Å². The molecule has 0 radical (unpaired) electrons. The molecule has 19 heavy (non-hydrogen) atoms. The smallest absolute Gasteiger partial charge is 0.124 e. The fraction of sp³-hybridized carbons (Fsp3) is 0.600. The van der Waals surface area contributed by atoms with Gasteiger partial charge in [-0.1, -0.05) is 6.92 Å². The average molecular weight is 265 g/mol. The van der Waals surface area contributed by atoms with Crippen LogP contribution in [-0.4, -0.2) is 31.5 Å². The highest BCUT2D eigenvalue weighted by atomic mass is 16.5. The van der Waals surface area contributed by atoms with Crippen LogP contribution >= 0.6 is 0 Å². The monoisotopic (exact) mass is 265 g/mol. The summed E-state index contributed by atoms with van der Waals surface area (Å²) in [5.41, 5.74) is 1.14. The van der Waals surface area contributed by atoms with E-state index in [2.05, 4.69) is 12.2 Å². The molecule has 0 saturated heterocycles. The number of ether oxygens (including phenoxy) is 2. The topological polar surface area (TPSA) is 50.7 Å². The van der Waals surface area contributed by atoms with Gasteiger partial charge in [0.05, 0.1) is 13.7 Å². The maximum Gasteiger partial charge on any atom is 0.124 e. The van der Waals surface area contributed by atoms with Crippen LogP contribution in [0, 0.1) is 5.92 Å². The number of hydrogen-bond acceptors (Lipinski definition) is 4. The van der Waals surface area contributed by atoms with E-state index in [9.17, 15) is 5.11 Å². The van der Waals surface area contributed by atoms with Crippen LogP contribution in [0.25, 0.3) is 0 Å². The maximum atomic E-state index is 9.23. The van der Waals surface area contributed by atoms with E-state index >= 15 is 0 Å². The van der Waals surface area contributed by atoms with Crippen molar-refractivity contribution in [1.29, 1.82) is 0 Å². The van der Waals surface area contributed by atoms with Gasteiger partial charge in [-0.3, -0.25) is 0 Å². The van der Waals surface area contributed by atoms with Crippen molar-refractivity contribution in [2.24, 2.45) is 5.92 Å². The van der Waals surface area contributed by atoms with E-state index in [0.717, 1.165) is 30.1 Å². The van der Waals surface area contributed by atoms with E-state index in [1.165, 1.54) is 0 Å². The fourth-order valence-electron chi connectivity index (χ4n) is 2.31. The molecule has 0 fully saturated rings. The summed E-state index contributed by atoms with van der Waals surface area (Å²) in [5.74, 6) is 2.00. The highest BCUT2D eigenvalue weighted by molar-refractivity contribution is 5.43. The number of rotatable bonds is 5. The van der Waals surface area contributed by atoms with Crippen molar-refractivity contribution in [2.45, 2.75) is 32.4 Å². The molecule has 0 saturated carbocycles. The molecule has 4 heteroatoms. The Labute approximate surface area is 114 Å². The first-order valence-electron chi connectivity index (χ1n) is 6.83. The summed E-state index contributed by atoms with van der Waals surface area (Å²) < 4.78 is 11.0. The zero-order valence-corrected chi connectivity index (χ0v) is 11.8. The minimum absolute atomic E-state index is 0.197. The number of fused-ring (bicyclic) bond motifs is 1. The molecule has 1 aromatic carbocycles. The van der Waals surface area contributed by atoms with E-state index in [-0.39, 0.29) is 24.6 Å². The summed E-state index contributed by atoms with van der Waals surface area (Å²) in [4.78, 5) is 0. The zero-order valence-electron chi connectivity index (χ0n) is 11.8. The maximum absolute atomic E-state index is 9.23. The first kappa shape index (κ1) is 14.2. The second-order valence-electron chi connectivity index (χ2n) is 5.21. The predicted molar refractivity (Wildman–Crippen MR) is 74.7 cm³/mol. The summed E-state index contributed by atoms with van der Waals surface area (Å²) in [6.45, 7) is 5.07. The number of aliphatic hydroxyl groups is 1. The number of benzene rings is 1. The number of nitrogens with one attached hydrogen (secondary N) is 1. The average Bonchev–Trinajstić information content (AvgIpc) is 2.46. The van der Waals surface area contributed by atoms with Crippen molar-refractivity contribution in [3.63, 3.8) is 0 Å². The summed E-state index contributed by atoms with van der Waals surface area (Å²) in [6, 6.07) is 6.42. The van der Waals surface area contributed by atoms with Gasteiger partial charge >= 0.3 is 0 Å². The van der Waals surface area contributed by atoms with E-state index in [1.54, 1.807) is 7.11 Å². The molecule has 1 heterocycles. The largest absolute Gasteiger partial charge is 0.497 e. The van der Waals surface area contributed by atoms with Gasteiger partial charge in [-0.25, -0.2) is 0 Å². The van der Waals surface area contributed by atoms with E-state index in [1.807, 2.05) is 25.1 Å². The Morgan fingerprint density at radius 3 is 2.95 bits per heavy atom. The highest BCUT2D eigenvalue weighted by Crippen LogP contribution is 2.35. The zero-order chi connectivity index (χ0) is 13.8. The molecule has 1 aliphatic rings. The van der Waals surface area contributed by atoms with Crippen molar-refractivity contribution in [3.8, 4) is 11.5 Å². The Hall–Kier alpha value is -1.26. The van der Waals surface area contributed by atoms with Crippen molar-refractivity contribution in [3.05, 3.63) is 23.8 Å². The first-order chi connectivity index (χ1) is 9.15. The molecule has 3 unspecified atom stereocenters. The van der Waals surface area contributed by atoms with Gasteiger partial charge in [-0.05, 0) is 31.0 Å². The van der Waals surface area contributed by atoms with Crippen LogP contribution in [0.5, 0.6) is 11.5 Å². The van der Waals surface area contributed by atoms with Gasteiger partial charge in [0.1, 0.15) is 11.5 Å². The molecular weight excluding hydrogens is 242 g/mol. The van der Waals surface area contributed by atoms with E-state index < -0.39 is 0 Å². The van der Waals surface area contributed by atoms with Crippen molar-refractivity contribution in [1.82, 2.24) is 5.32 Å². The van der Waals surface area contributed by atoms with Crippen molar-refractivity contribution < 1.29 is 14.6 Å². The lowest BCUT2D eigenvalue weighted by Gasteiger charge is -2.31. The van der Waals surface area contributed by atoms with Gasteiger partial charge in [0.15, 0.2) is 0 Å². The second kappa shape index (κ2) is 6.26. The molecule has 1 aliphatic heterocycles. The number of hydrogen-bond donors (Lipinski definition) is 2. The lowest BCUT2D eigenvalue weighted by molar-refractivity contribution is 0.187. The Morgan fingerprint density at radius 2 is 2.26 bits per heavy atom. The third-order valence-corrected chi connectivity index (χ3v) is 3.86. The van der Waals surface area contributed by atoms with Gasteiger partial charge in [-0.2, -0.15) is 0 Å². The summed E-state index contributed by atoms with van der Waals surface area (Å²) in [6.07, 6.45) is 0.933.